The van der Waals surface area contributed by atoms with Gasteiger partial charge in [-0.1, -0.05) is 30.3 Å². The highest BCUT2D eigenvalue weighted by Crippen LogP contribution is 2.40. The van der Waals surface area contributed by atoms with Crippen molar-refractivity contribution in [2.45, 2.75) is 31.7 Å². The molecule has 0 radical (unpaired) electrons. The van der Waals surface area contributed by atoms with Crippen LogP contribution >= 0.6 is 11.3 Å². The number of ketones is 1. The van der Waals surface area contributed by atoms with Gasteiger partial charge in [-0.15, -0.1) is 11.3 Å². The third-order valence-electron chi connectivity index (χ3n) is 4.75. The molecule has 0 amide bonds. The molecule has 1 aliphatic carbocycles. The van der Waals surface area contributed by atoms with E-state index in [1.54, 1.807) is 24.3 Å². The molecule has 2 aromatic heterocycles. The minimum absolute atomic E-state index is 0.117. The van der Waals surface area contributed by atoms with Gasteiger partial charge in [-0.2, -0.15) is 0 Å². The molecular formula is C19H16N2O4S. The first-order chi connectivity index (χ1) is 12.6. The number of nitrogens with zero attached hydrogens (tertiary/aromatic N) is 2. The number of aromatic nitrogens is 2. The summed E-state index contributed by atoms with van der Waals surface area (Å²) in [6, 6.07) is 8.76. The van der Waals surface area contributed by atoms with E-state index in [0.29, 0.717) is 27.8 Å². The quantitative estimate of drug-likeness (QED) is 0.715. The lowest BCUT2D eigenvalue weighted by molar-refractivity contribution is -0.139. The maximum absolute atomic E-state index is 13.0. The van der Waals surface area contributed by atoms with Crippen LogP contribution in [0, 0.1) is 0 Å². The number of carbonyl (C=O) groups excluding carboxylic acids is 1. The average molecular weight is 368 g/mol. The van der Waals surface area contributed by atoms with E-state index in [2.05, 4.69) is 4.98 Å². The van der Waals surface area contributed by atoms with Gasteiger partial charge in [0.2, 0.25) is 0 Å². The number of rotatable bonds is 4. The Morgan fingerprint density at radius 2 is 2.04 bits per heavy atom. The van der Waals surface area contributed by atoms with Crippen molar-refractivity contribution in [3.63, 3.8) is 0 Å². The Balaban J connectivity index is 1.80. The van der Waals surface area contributed by atoms with Crippen LogP contribution in [0.3, 0.4) is 0 Å². The van der Waals surface area contributed by atoms with Crippen molar-refractivity contribution >= 4 is 33.3 Å². The SMILES string of the molecule is O=C(Cn1cnc2sc3c(c2c1=O)C(C(=O)O)CCC3)c1ccccc1. The van der Waals surface area contributed by atoms with E-state index in [-0.39, 0.29) is 17.9 Å². The fourth-order valence-electron chi connectivity index (χ4n) is 3.49. The lowest BCUT2D eigenvalue weighted by atomic mass is 9.86. The number of Topliss-reactive ketones (excluding diaryl/α,β-unsaturated/α-hetero) is 1. The van der Waals surface area contributed by atoms with E-state index in [4.69, 9.17) is 0 Å². The van der Waals surface area contributed by atoms with Crippen LogP contribution in [0.2, 0.25) is 0 Å². The van der Waals surface area contributed by atoms with E-state index in [0.717, 1.165) is 17.7 Å². The summed E-state index contributed by atoms with van der Waals surface area (Å²) in [5.74, 6) is -1.78. The van der Waals surface area contributed by atoms with E-state index < -0.39 is 11.9 Å². The molecule has 132 valence electrons. The van der Waals surface area contributed by atoms with Gasteiger partial charge < -0.3 is 5.11 Å². The summed E-state index contributed by atoms with van der Waals surface area (Å²) >= 11 is 1.39. The Morgan fingerprint density at radius 3 is 2.77 bits per heavy atom. The van der Waals surface area contributed by atoms with Crippen LogP contribution in [-0.2, 0) is 17.8 Å². The zero-order valence-corrected chi connectivity index (χ0v) is 14.7. The number of benzene rings is 1. The molecule has 0 spiro atoms. The van der Waals surface area contributed by atoms with Crippen LogP contribution in [0.15, 0.2) is 41.5 Å². The van der Waals surface area contributed by atoms with Crippen molar-refractivity contribution in [2.24, 2.45) is 0 Å². The standard InChI is InChI=1S/C19H16N2O4S/c22-13(11-5-2-1-3-6-11)9-21-10-20-17-16(18(21)23)15-12(19(24)25)7-4-8-14(15)26-17/h1-3,5-6,10,12H,4,7-9H2,(H,24,25). The van der Waals surface area contributed by atoms with Gasteiger partial charge in [0, 0.05) is 10.4 Å². The lowest BCUT2D eigenvalue weighted by Gasteiger charge is -2.18. The van der Waals surface area contributed by atoms with Crippen LogP contribution in [0.4, 0.5) is 0 Å². The van der Waals surface area contributed by atoms with Crippen molar-refractivity contribution in [3.05, 3.63) is 63.0 Å². The van der Waals surface area contributed by atoms with Crippen molar-refractivity contribution < 1.29 is 14.7 Å². The molecule has 4 rings (SSSR count). The van der Waals surface area contributed by atoms with Crippen molar-refractivity contribution in [1.29, 1.82) is 0 Å². The summed E-state index contributed by atoms with van der Waals surface area (Å²) in [6.07, 6.45) is 3.45. The Bertz CT molecular complexity index is 1070. The molecule has 0 saturated carbocycles. The first-order valence-electron chi connectivity index (χ1n) is 8.38. The lowest BCUT2D eigenvalue weighted by Crippen LogP contribution is -2.26. The largest absolute Gasteiger partial charge is 0.481 e. The fourth-order valence-corrected chi connectivity index (χ4v) is 4.72. The Hall–Kier alpha value is -2.80. The second kappa shape index (κ2) is 6.49. The van der Waals surface area contributed by atoms with Gasteiger partial charge >= 0.3 is 5.97 Å². The van der Waals surface area contributed by atoms with Crippen LogP contribution in [0.5, 0.6) is 0 Å². The third kappa shape index (κ3) is 2.74. The van der Waals surface area contributed by atoms with Gasteiger partial charge in [0.05, 0.1) is 24.2 Å². The van der Waals surface area contributed by atoms with E-state index in [9.17, 15) is 19.5 Å². The van der Waals surface area contributed by atoms with E-state index in [1.807, 2.05) is 6.07 Å². The maximum atomic E-state index is 13.0. The Morgan fingerprint density at radius 1 is 1.27 bits per heavy atom. The molecule has 1 aliphatic rings. The zero-order chi connectivity index (χ0) is 18.3. The number of fused-ring (bicyclic) bond motifs is 3. The topological polar surface area (TPSA) is 89.3 Å². The third-order valence-corrected chi connectivity index (χ3v) is 5.92. The predicted octanol–water partition coefficient (Wildman–Crippen LogP) is 2.85. The number of thiophene rings is 1. The number of hydrogen-bond donors (Lipinski definition) is 1. The van der Waals surface area contributed by atoms with Gasteiger partial charge in [0.15, 0.2) is 5.78 Å². The number of carboxylic acid groups (broad SMARTS) is 1. The highest BCUT2D eigenvalue weighted by atomic mass is 32.1. The maximum Gasteiger partial charge on any atom is 0.311 e. The van der Waals surface area contributed by atoms with Crippen LogP contribution in [-0.4, -0.2) is 26.4 Å². The Labute approximate surface area is 152 Å². The Kier molecular flexibility index (Phi) is 4.16. The molecule has 1 aromatic carbocycles. The van der Waals surface area contributed by atoms with Crippen molar-refractivity contribution in [3.8, 4) is 0 Å². The van der Waals surface area contributed by atoms with Gasteiger partial charge in [-0.05, 0) is 24.8 Å². The molecule has 1 N–H and O–H groups in total. The first kappa shape index (κ1) is 16.7. The minimum Gasteiger partial charge on any atom is -0.481 e. The second-order valence-corrected chi connectivity index (χ2v) is 7.45. The van der Waals surface area contributed by atoms with Gasteiger partial charge in [0.1, 0.15) is 4.83 Å². The summed E-state index contributed by atoms with van der Waals surface area (Å²) in [5.41, 5.74) is 0.781. The molecule has 3 aromatic rings. The normalized spacial score (nSPS) is 16.4. The molecule has 26 heavy (non-hydrogen) atoms. The van der Waals surface area contributed by atoms with Gasteiger partial charge in [-0.3, -0.25) is 19.0 Å². The van der Waals surface area contributed by atoms with Gasteiger partial charge in [0.25, 0.3) is 5.56 Å². The highest BCUT2D eigenvalue weighted by Gasteiger charge is 2.32. The predicted molar refractivity (Wildman–Crippen MR) is 98.0 cm³/mol. The molecule has 2 heterocycles. The molecule has 0 saturated heterocycles. The summed E-state index contributed by atoms with van der Waals surface area (Å²) in [4.78, 5) is 42.8. The highest BCUT2D eigenvalue weighted by molar-refractivity contribution is 7.18. The summed E-state index contributed by atoms with van der Waals surface area (Å²) in [6.45, 7) is -0.117. The average Bonchev–Trinajstić information content (AvgIpc) is 3.03. The molecule has 0 fully saturated rings. The van der Waals surface area contributed by atoms with Crippen LogP contribution in [0.25, 0.3) is 10.2 Å². The molecule has 1 unspecified atom stereocenters. The fraction of sp³-hybridized carbons (Fsp3) is 0.263. The van der Waals surface area contributed by atoms with Crippen molar-refractivity contribution in [2.75, 3.05) is 0 Å². The van der Waals surface area contributed by atoms with E-state index >= 15 is 0 Å². The second-order valence-electron chi connectivity index (χ2n) is 6.37. The summed E-state index contributed by atoms with van der Waals surface area (Å²) < 4.78 is 1.28. The number of carbonyl (C=O) groups is 2. The first-order valence-corrected chi connectivity index (χ1v) is 9.19. The van der Waals surface area contributed by atoms with E-state index in [1.165, 1.54) is 22.2 Å². The number of carboxylic acids is 1. The summed E-state index contributed by atoms with van der Waals surface area (Å²) in [7, 11) is 0. The van der Waals surface area contributed by atoms with Crippen LogP contribution < -0.4 is 5.56 Å². The smallest absolute Gasteiger partial charge is 0.311 e. The van der Waals surface area contributed by atoms with Gasteiger partial charge in [-0.25, -0.2) is 4.98 Å². The summed E-state index contributed by atoms with van der Waals surface area (Å²) in [5, 5.41) is 9.90. The molecule has 0 bridgehead atoms. The zero-order valence-electron chi connectivity index (χ0n) is 13.8. The molecular weight excluding hydrogens is 352 g/mol. The minimum atomic E-state index is -0.916. The molecule has 6 nitrogen and oxygen atoms in total. The van der Waals surface area contributed by atoms with Crippen LogP contribution in [0.1, 0.15) is 39.6 Å². The monoisotopic (exact) mass is 368 g/mol. The number of hydrogen-bond acceptors (Lipinski definition) is 5. The molecule has 7 heteroatoms. The molecule has 1 atom stereocenters. The number of aryl methyl sites for hydroxylation is 1. The number of aliphatic carboxylic acids is 1. The van der Waals surface area contributed by atoms with Crippen molar-refractivity contribution in [1.82, 2.24) is 9.55 Å². The molecule has 0 aliphatic heterocycles.